The molecule has 2 aromatic rings. The summed E-state index contributed by atoms with van der Waals surface area (Å²) < 4.78 is 56.5. The third-order valence-electron chi connectivity index (χ3n) is 3.40. The van der Waals surface area contributed by atoms with Crippen molar-refractivity contribution in [2.45, 2.75) is 11.8 Å². The Morgan fingerprint density at radius 1 is 1.04 bits per heavy atom. The summed E-state index contributed by atoms with van der Waals surface area (Å²) in [5.74, 6) is 0.209. The first-order valence-electron chi connectivity index (χ1n) is 7.46. The summed E-state index contributed by atoms with van der Waals surface area (Å²) in [4.78, 5) is -0.120. The van der Waals surface area contributed by atoms with Gasteiger partial charge in [0.2, 0.25) is 0 Å². The number of rotatable bonds is 8. The number of ether oxygens (including phenoxy) is 3. The second kappa shape index (κ2) is 8.17. The minimum Gasteiger partial charge on any atom is -0.493 e. The van der Waals surface area contributed by atoms with Gasteiger partial charge in [-0.25, -0.2) is 12.8 Å². The number of methoxy groups -OCH3 is 2. The minimum atomic E-state index is -3.94. The van der Waals surface area contributed by atoms with E-state index >= 15 is 0 Å². The van der Waals surface area contributed by atoms with Crippen molar-refractivity contribution >= 4 is 15.7 Å². The highest BCUT2D eigenvalue weighted by atomic mass is 32.2. The molecule has 25 heavy (non-hydrogen) atoms. The molecule has 2 rings (SSSR count). The lowest BCUT2D eigenvalue weighted by Gasteiger charge is -2.14. The van der Waals surface area contributed by atoms with Crippen molar-refractivity contribution in [2.24, 2.45) is 0 Å². The van der Waals surface area contributed by atoms with Gasteiger partial charge in [0.25, 0.3) is 10.0 Å². The Morgan fingerprint density at radius 3 is 2.48 bits per heavy atom. The summed E-state index contributed by atoms with van der Waals surface area (Å²) in [5.41, 5.74) is 0.718. The third kappa shape index (κ3) is 4.83. The quantitative estimate of drug-likeness (QED) is 0.724. The molecule has 0 aliphatic heterocycles. The van der Waals surface area contributed by atoms with Gasteiger partial charge in [-0.05, 0) is 36.8 Å². The summed E-state index contributed by atoms with van der Waals surface area (Å²) in [7, 11) is -0.906. The van der Waals surface area contributed by atoms with Crippen LogP contribution in [0.3, 0.4) is 0 Å². The van der Waals surface area contributed by atoms with E-state index in [-0.39, 0.29) is 17.2 Å². The zero-order valence-electron chi connectivity index (χ0n) is 14.2. The summed E-state index contributed by atoms with van der Waals surface area (Å²) in [6, 6.07) is 8.23. The second-order valence-electron chi connectivity index (χ2n) is 5.22. The fourth-order valence-corrected chi connectivity index (χ4v) is 3.47. The third-order valence-corrected chi connectivity index (χ3v) is 4.92. The summed E-state index contributed by atoms with van der Waals surface area (Å²) in [6.45, 7) is 2.26. The average molecular weight is 369 g/mol. The van der Waals surface area contributed by atoms with Crippen molar-refractivity contribution in [2.75, 3.05) is 32.2 Å². The molecule has 0 bridgehead atoms. The molecule has 0 atom stereocenters. The van der Waals surface area contributed by atoms with Gasteiger partial charge in [-0.1, -0.05) is 6.07 Å². The van der Waals surface area contributed by atoms with E-state index in [1.165, 1.54) is 31.4 Å². The molecule has 0 spiro atoms. The predicted molar refractivity (Wildman–Crippen MR) is 92.3 cm³/mol. The molecular weight excluding hydrogens is 349 g/mol. The van der Waals surface area contributed by atoms with Gasteiger partial charge in [-0.15, -0.1) is 0 Å². The molecule has 1 N–H and O–H groups in total. The van der Waals surface area contributed by atoms with Crippen LogP contribution in [0, 0.1) is 12.7 Å². The first-order valence-corrected chi connectivity index (χ1v) is 8.94. The first-order chi connectivity index (χ1) is 11.9. The molecule has 0 saturated heterocycles. The van der Waals surface area contributed by atoms with E-state index in [0.717, 1.165) is 6.07 Å². The van der Waals surface area contributed by atoms with Gasteiger partial charge in [0.1, 0.15) is 12.4 Å². The van der Waals surface area contributed by atoms with E-state index in [4.69, 9.17) is 14.2 Å². The fraction of sp³-hybridized carbons (Fsp3) is 0.294. The van der Waals surface area contributed by atoms with Gasteiger partial charge in [0.05, 0.1) is 24.3 Å². The second-order valence-corrected chi connectivity index (χ2v) is 6.87. The molecule has 0 saturated carbocycles. The Labute approximate surface area is 146 Å². The molecule has 0 unspecified atom stereocenters. The van der Waals surface area contributed by atoms with Crippen LogP contribution < -0.4 is 14.2 Å². The molecule has 0 heterocycles. The molecular formula is C17H20FNO5S. The zero-order valence-corrected chi connectivity index (χ0v) is 15.0. The lowest BCUT2D eigenvalue weighted by molar-refractivity contribution is 0.144. The molecule has 0 amide bonds. The smallest absolute Gasteiger partial charge is 0.262 e. The van der Waals surface area contributed by atoms with E-state index in [1.54, 1.807) is 20.1 Å². The van der Waals surface area contributed by atoms with Crippen molar-refractivity contribution in [3.05, 3.63) is 47.8 Å². The Morgan fingerprint density at radius 2 is 1.80 bits per heavy atom. The van der Waals surface area contributed by atoms with Gasteiger partial charge >= 0.3 is 0 Å². The number of nitrogens with one attached hydrogen (secondary N) is 1. The number of halogens is 1. The maximum atomic E-state index is 13.4. The number of benzene rings is 2. The van der Waals surface area contributed by atoms with E-state index in [0.29, 0.717) is 23.7 Å². The van der Waals surface area contributed by atoms with Crippen molar-refractivity contribution in [1.82, 2.24) is 0 Å². The molecule has 0 fully saturated rings. The van der Waals surface area contributed by atoms with E-state index in [2.05, 4.69) is 4.72 Å². The summed E-state index contributed by atoms with van der Waals surface area (Å²) in [6.07, 6.45) is 0. The first kappa shape index (κ1) is 19.0. The monoisotopic (exact) mass is 369 g/mol. The minimum absolute atomic E-state index is 0.120. The number of aryl methyl sites for hydroxylation is 1. The van der Waals surface area contributed by atoms with Crippen molar-refractivity contribution in [1.29, 1.82) is 0 Å². The topological polar surface area (TPSA) is 73.9 Å². The fourth-order valence-electron chi connectivity index (χ4n) is 2.16. The normalized spacial score (nSPS) is 11.2. The SMILES string of the molecule is COCCOc1cc(NS(=O)(=O)c2cc(F)ccc2C)ccc1OC. The highest BCUT2D eigenvalue weighted by molar-refractivity contribution is 7.92. The van der Waals surface area contributed by atoms with Crippen molar-refractivity contribution < 1.29 is 27.0 Å². The Balaban J connectivity index is 2.29. The number of sulfonamides is 1. The maximum Gasteiger partial charge on any atom is 0.262 e. The number of hydrogen-bond donors (Lipinski definition) is 1. The molecule has 0 aromatic heterocycles. The Bertz CT molecular complexity index is 839. The van der Waals surface area contributed by atoms with Crippen molar-refractivity contribution in [3.8, 4) is 11.5 Å². The Hall–Kier alpha value is -2.32. The maximum absolute atomic E-state index is 13.4. The van der Waals surface area contributed by atoms with E-state index in [9.17, 15) is 12.8 Å². The van der Waals surface area contributed by atoms with Crippen molar-refractivity contribution in [3.63, 3.8) is 0 Å². The molecule has 2 aromatic carbocycles. The van der Waals surface area contributed by atoms with Crippen LogP contribution in [0.15, 0.2) is 41.3 Å². The molecule has 8 heteroatoms. The van der Waals surface area contributed by atoms with Gasteiger partial charge in [-0.3, -0.25) is 4.72 Å². The van der Waals surface area contributed by atoms with Crippen LogP contribution in [0.5, 0.6) is 11.5 Å². The lowest BCUT2D eigenvalue weighted by atomic mass is 10.2. The van der Waals surface area contributed by atoms with Crippen LogP contribution in [0.1, 0.15) is 5.56 Å². The molecule has 0 aliphatic carbocycles. The number of anilines is 1. The Kier molecular flexibility index (Phi) is 6.22. The van der Waals surface area contributed by atoms with Gasteiger partial charge < -0.3 is 14.2 Å². The predicted octanol–water partition coefficient (Wildman–Crippen LogP) is 2.97. The van der Waals surface area contributed by atoms with Crippen LogP contribution in [0.25, 0.3) is 0 Å². The summed E-state index contributed by atoms with van der Waals surface area (Å²) in [5, 5.41) is 0. The largest absolute Gasteiger partial charge is 0.493 e. The van der Waals surface area contributed by atoms with Crippen LogP contribution in [-0.2, 0) is 14.8 Å². The standard InChI is InChI=1S/C17H20FNO5S/c1-12-4-5-13(18)10-17(12)25(20,21)19-14-6-7-15(23-3)16(11-14)24-9-8-22-2/h4-7,10-11,19H,8-9H2,1-3H3. The van der Waals surface area contributed by atoms with Crippen LogP contribution in [0.2, 0.25) is 0 Å². The highest BCUT2D eigenvalue weighted by Gasteiger charge is 2.19. The molecule has 6 nitrogen and oxygen atoms in total. The molecule has 0 aliphatic rings. The van der Waals surface area contributed by atoms with E-state index in [1.807, 2.05) is 0 Å². The molecule has 136 valence electrons. The van der Waals surface area contributed by atoms with Gasteiger partial charge in [-0.2, -0.15) is 0 Å². The summed E-state index contributed by atoms with van der Waals surface area (Å²) >= 11 is 0. The van der Waals surface area contributed by atoms with Crippen LogP contribution in [0.4, 0.5) is 10.1 Å². The average Bonchev–Trinajstić information content (AvgIpc) is 2.57. The van der Waals surface area contributed by atoms with Gasteiger partial charge in [0, 0.05) is 13.2 Å². The highest BCUT2D eigenvalue weighted by Crippen LogP contribution is 2.31. The number of hydrogen-bond acceptors (Lipinski definition) is 5. The van der Waals surface area contributed by atoms with Crippen LogP contribution >= 0.6 is 0 Å². The van der Waals surface area contributed by atoms with Gasteiger partial charge in [0.15, 0.2) is 11.5 Å². The molecule has 0 radical (unpaired) electrons. The lowest BCUT2D eigenvalue weighted by Crippen LogP contribution is -2.15. The van der Waals surface area contributed by atoms with E-state index < -0.39 is 15.8 Å². The van der Waals surface area contributed by atoms with Crippen LogP contribution in [-0.4, -0.2) is 35.9 Å². The zero-order chi connectivity index (χ0) is 18.4.